The predicted octanol–water partition coefficient (Wildman–Crippen LogP) is 3.38. The number of carbonyl (C=O) groups excluding carboxylic acids is 1. The molecule has 1 aromatic heterocycles. The van der Waals surface area contributed by atoms with Crippen molar-refractivity contribution in [3.05, 3.63) is 84.2 Å². The van der Waals surface area contributed by atoms with Crippen molar-refractivity contribution in [2.24, 2.45) is 0 Å². The van der Waals surface area contributed by atoms with E-state index < -0.39 is 15.9 Å². The number of amides is 1. The smallest absolute Gasteiger partial charge is 0.262 e. The van der Waals surface area contributed by atoms with Crippen LogP contribution in [-0.4, -0.2) is 26.4 Å². The summed E-state index contributed by atoms with van der Waals surface area (Å²) in [6, 6.07) is 17.6. The van der Waals surface area contributed by atoms with E-state index in [1.165, 1.54) is 25.3 Å². The number of hydrogen-bond acceptors (Lipinski definition) is 5. The molecule has 0 aliphatic heterocycles. The molecule has 2 N–H and O–H groups in total. The average Bonchev–Trinajstić information content (AvgIpc) is 2.74. The maximum absolute atomic E-state index is 12.8. The molecule has 0 saturated heterocycles. The summed E-state index contributed by atoms with van der Waals surface area (Å²) in [5.74, 6) is 0.00616. The lowest BCUT2D eigenvalue weighted by Crippen LogP contribution is -2.27. The zero-order chi connectivity index (χ0) is 20.9. The molecule has 3 rings (SSSR count). The molecule has 0 bridgehead atoms. The van der Waals surface area contributed by atoms with Crippen LogP contribution in [0.4, 0.5) is 5.69 Å². The van der Waals surface area contributed by atoms with Gasteiger partial charge in [-0.1, -0.05) is 24.3 Å². The molecule has 0 unspecified atom stereocenters. The summed E-state index contributed by atoms with van der Waals surface area (Å²) in [7, 11) is -2.45. The fraction of sp³-hybridized carbons (Fsp3) is 0.143. The number of benzene rings is 2. The number of carbonyl (C=O) groups is 1. The maximum atomic E-state index is 12.8. The number of para-hydroxylation sites is 2. The Hall–Kier alpha value is -3.39. The molecule has 0 aliphatic carbocycles. The Balaban J connectivity index is 1.80. The molecule has 8 heteroatoms. The maximum Gasteiger partial charge on any atom is 0.262 e. The summed E-state index contributed by atoms with van der Waals surface area (Å²) in [6.07, 6.45) is 1.65. The van der Waals surface area contributed by atoms with E-state index in [4.69, 9.17) is 4.74 Å². The van der Waals surface area contributed by atoms with Gasteiger partial charge in [-0.2, -0.15) is 0 Å². The normalized spacial score (nSPS) is 12.1. The number of hydrogen-bond donors (Lipinski definition) is 2. The fourth-order valence-corrected chi connectivity index (χ4v) is 3.84. The Morgan fingerprint density at radius 2 is 1.79 bits per heavy atom. The summed E-state index contributed by atoms with van der Waals surface area (Å²) in [5.41, 5.74) is 1.26. The van der Waals surface area contributed by atoms with Gasteiger partial charge in [0.05, 0.1) is 29.4 Å². The Labute approximate surface area is 169 Å². The number of sulfonamides is 1. The Bertz CT molecular complexity index is 1100. The van der Waals surface area contributed by atoms with Crippen molar-refractivity contribution in [3.63, 3.8) is 0 Å². The van der Waals surface area contributed by atoms with Crippen molar-refractivity contribution in [3.8, 4) is 5.75 Å². The molecule has 0 aliphatic rings. The quantitative estimate of drug-likeness (QED) is 0.621. The monoisotopic (exact) mass is 411 g/mol. The van der Waals surface area contributed by atoms with E-state index in [-0.39, 0.29) is 16.5 Å². The highest BCUT2D eigenvalue weighted by Crippen LogP contribution is 2.26. The second-order valence-corrected chi connectivity index (χ2v) is 7.97. The lowest BCUT2D eigenvalue weighted by molar-refractivity contribution is 0.0939. The lowest BCUT2D eigenvalue weighted by Gasteiger charge is -2.14. The lowest BCUT2D eigenvalue weighted by atomic mass is 10.1. The number of nitrogens with zero attached hydrogens (tertiary/aromatic N) is 1. The number of nitrogens with one attached hydrogen (secondary N) is 2. The van der Waals surface area contributed by atoms with Crippen LogP contribution in [0.25, 0.3) is 0 Å². The second kappa shape index (κ2) is 8.74. The van der Waals surface area contributed by atoms with Gasteiger partial charge in [-0.3, -0.25) is 14.5 Å². The van der Waals surface area contributed by atoms with Crippen LogP contribution in [0.1, 0.15) is 29.0 Å². The number of ether oxygens (including phenoxy) is 1. The summed E-state index contributed by atoms with van der Waals surface area (Å²) >= 11 is 0. The molecule has 1 amide bonds. The first-order chi connectivity index (χ1) is 13.9. The van der Waals surface area contributed by atoms with E-state index in [2.05, 4.69) is 15.0 Å². The zero-order valence-electron chi connectivity index (χ0n) is 16.0. The molecular formula is C21H21N3O4S. The first-order valence-corrected chi connectivity index (χ1v) is 10.4. The van der Waals surface area contributed by atoms with Crippen LogP contribution in [-0.2, 0) is 10.0 Å². The average molecular weight is 411 g/mol. The van der Waals surface area contributed by atoms with Gasteiger partial charge in [-0.25, -0.2) is 8.42 Å². The van der Waals surface area contributed by atoms with Crippen molar-refractivity contribution in [2.75, 3.05) is 11.8 Å². The minimum Gasteiger partial charge on any atom is -0.495 e. The number of methoxy groups -OCH3 is 1. The van der Waals surface area contributed by atoms with Crippen molar-refractivity contribution >= 4 is 21.6 Å². The molecule has 0 saturated carbocycles. The van der Waals surface area contributed by atoms with Gasteiger partial charge in [0.25, 0.3) is 15.9 Å². The standard InChI is InChI=1S/C21H21N3O4S/c1-15(18-10-5-6-13-22-18)23-21(25)16-8-7-9-17(14-16)29(26,27)24-19-11-3-4-12-20(19)28-2/h3-15,24H,1-2H3,(H,23,25)/t15-/m1/s1. The summed E-state index contributed by atoms with van der Waals surface area (Å²) in [5, 5.41) is 2.82. The van der Waals surface area contributed by atoms with Crippen LogP contribution in [0.2, 0.25) is 0 Å². The van der Waals surface area contributed by atoms with Crippen LogP contribution in [0, 0.1) is 0 Å². The van der Waals surface area contributed by atoms with Gasteiger partial charge in [0.2, 0.25) is 0 Å². The Morgan fingerprint density at radius 3 is 2.52 bits per heavy atom. The Kier molecular flexibility index (Phi) is 6.13. The van der Waals surface area contributed by atoms with Crippen LogP contribution < -0.4 is 14.8 Å². The highest BCUT2D eigenvalue weighted by atomic mass is 32.2. The topological polar surface area (TPSA) is 97.4 Å². The van der Waals surface area contributed by atoms with Crippen LogP contribution in [0.3, 0.4) is 0 Å². The molecule has 29 heavy (non-hydrogen) atoms. The highest BCUT2D eigenvalue weighted by Gasteiger charge is 2.19. The Morgan fingerprint density at radius 1 is 1.03 bits per heavy atom. The molecule has 3 aromatic rings. The van der Waals surface area contributed by atoms with Crippen molar-refractivity contribution in [2.45, 2.75) is 17.9 Å². The molecule has 0 fully saturated rings. The van der Waals surface area contributed by atoms with Crippen LogP contribution in [0.15, 0.2) is 77.8 Å². The van der Waals surface area contributed by atoms with E-state index in [1.807, 2.05) is 19.1 Å². The van der Waals surface area contributed by atoms with E-state index in [0.29, 0.717) is 17.1 Å². The first kappa shape index (κ1) is 20.3. The zero-order valence-corrected chi connectivity index (χ0v) is 16.8. The number of anilines is 1. The van der Waals surface area contributed by atoms with Gasteiger partial charge in [0.15, 0.2) is 0 Å². The third-order valence-corrected chi connectivity index (χ3v) is 5.60. The van der Waals surface area contributed by atoms with E-state index in [9.17, 15) is 13.2 Å². The third-order valence-electron chi connectivity index (χ3n) is 4.24. The molecule has 0 radical (unpaired) electrons. The molecule has 150 valence electrons. The molecule has 7 nitrogen and oxygen atoms in total. The van der Waals surface area contributed by atoms with Crippen molar-refractivity contribution in [1.82, 2.24) is 10.3 Å². The SMILES string of the molecule is COc1ccccc1NS(=O)(=O)c1cccc(C(=O)N[C@H](C)c2ccccn2)c1. The third kappa shape index (κ3) is 4.91. The number of aromatic nitrogens is 1. The first-order valence-electron chi connectivity index (χ1n) is 8.88. The fourth-order valence-electron chi connectivity index (χ4n) is 2.72. The van der Waals surface area contributed by atoms with E-state index >= 15 is 0 Å². The van der Waals surface area contributed by atoms with E-state index in [0.717, 1.165) is 0 Å². The van der Waals surface area contributed by atoms with Gasteiger partial charge in [-0.05, 0) is 49.4 Å². The minimum atomic E-state index is -3.90. The summed E-state index contributed by atoms with van der Waals surface area (Å²) in [4.78, 5) is 16.8. The summed E-state index contributed by atoms with van der Waals surface area (Å²) in [6.45, 7) is 1.81. The molecule has 1 heterocycles. The van der Waals surface area contributed by atoms with Gasteiger partial charge in [0, 0.05) is 11.8 Å². The number of rotatable bonds is 7. The van der Waals surface area contributed by atoms with Crippen molar-refractivity contribution < 1.29 is 17.9 Å². The molecule has 1 atom stereocenters. The predicted molar refractivity (Wildman–Crippen MR) is 110 cm³/mol. The number of pyridine rings is 1. The van der Waals surface area contributed by atoms with Crippen LogP contribution >= 0.6 is 0 Å². The van der Waals surface area contributed by atoms with Gasteiger partial charge < -0.3 is 10.1 Å². The van der Waals surface area contributed by atoms with Gasteiger partial charge in [-0.15, -0.1) is 0 Å². The van der Waals surface area contributed by atoms with Gasteiger partial charge >= 0.3 is 0 Å². The molecular weight excluding hydrogens is 390 g/mol. The van der Waals surface area contributed by atoms with E-state index in [1.54, 1.807) is 42.6 Å². The van der Waals surface area contributed by atoms with Crippen LogP contribution in [0.5, 0.6) is 5.75 Å². The van der Waals surface area contributed by atoms with Gasteiger partial charge in [0.1, 0.15) is 5.75 Å². The largest absolute Gasteiger partial charge is 0.495 e. The summed E-state index contributed by atoms with van der Waals surface area (Å²) < 4.78 is 33.2. The molecule has 0 spiro atoms. The van der Waals surface area contributed by atoms with Crippen molar-refractivity contribution in [1.29, 1.82) is 0 Å². The minimum absolute atomic E-state index is 0.0263. The highest BCUT2D eigenvalue weighted by molar-refractivity contribution is 7.92. The second-order valence-electron chi connectivity index (χ2n) is 6.28. The molecule has 2 aromatic carbocycles.